The molecule has 1 aliphatic heterocycles. The van der Waals surface area contributed by atoms with Gasteiger partial charge >= 0.3 is 0 Å². The zero-order chi connectivity index (χ0) is 21.8. The van der Waals surface area contributed by atoms with Crippen molar-refractivity contribution in [1.82, 2.24) is 15.0 Å². The minimum atomic E-state index is -0.105. The van der Waals surface area contributed by atoms with Crippen LogP contribution in [-0.4, -0.2) is 47.0 Å². The van der Waals surface area contributed by atoms with E-state index in [0.29, 0.717) is 30.1 Å². The molecule has 1 saturated heterocycles. The lowest BCUT2D eigenvalue weighted by atomic mass is 10.1. The lowest BCUT2D eigenvalue weighted by Crippen LogP contribution is -2.48. The van der Waals surface area contributed by atoms with E-state index >= 15 is 0 Å². The molecule has 3 aromatic rings. The molecule has 0 aliphatic carbocycles. The van der Waals surface area contributed by atoms with Crippen LogP contribution in [0.1, 0.15) is 32.9 Å². The minimum absolute atomic E-state index is 0.105. The number of hydrogen-bond acceptors (Lipinski definition) is 5. The summed E-state index contributed by atoms with van der Waals surface area (Å²) in [7, 11) is 0. The van der Waals surface area contributed by atoms with Gasteiger partial charge in [-0.2, -0.15) is 0 Å². The maximum absolute atomic E-state index is 13.1. The molecule has 0 N–H and O–H groups in total. The maximum Gasteiger partial charge on any atom is 0.276 e. The summed E-state index contributed by atoms with van der Waals surface area (Å²) in [6.07, 6.45) is 0. The molecule has 1 aliphatic rings. The second-order valence-corrected chi connectivity index (χ2v) is 8.25. The van der Waals surface area contributed by atoms with Crippen molar-refractivity contribution in [3.8, 4) is 5.75 Å². The van der Waals surface area contributed by atoms with E-state index in [0.717, 1.165) is 36.0 Å². The summed E-state index contributed by atoms with van der Waals surface area (Å²) in [5.41, 5.74) is 3.31. The summed E-state index contributed by atoms with van der Waals surface area (Å²) in [5, 5.41) is 4.79. The molecule has 31 heavy (non-hydrogen) atoms. The van der Waals surface area contributed by atoms with Gasteiger partial charge < -0.3 is 14.2 Å². The van der Waals surface area contributed by atoms with Gasteiger partial charge in [0.1, 0.15) is 18.1 Å². The lowest BCUT2D eigenvalue weighted by molar-refractivity contribution is 0.0616. The summed E-state index contributed by atoms with van der Waals surface area (Å²) >= 11 is 5.97. The zero-order valence-corrected chi connectivity index (χ0v) is 18.6. The average Bonchev–Trinajstić information content (AvgIpc) is 3.15. The van der Waals surface area contributed by atoms with Gasteiger partial charge in [-0.15, -0.1) is 0 Å². The summed E-state index contributed by atoms with van der Waals surface area (Å²) in [5.74, 6) is 1.29. The first-order chi connectivity index (χ1) is 15.0. The van der Waals surface area contributed by atoms with E-state index in [1.54, 1.807) is 0 Å². The number of piperazine rings is 1. The number of nitrogens with zero attached hydrogens (tertiary/aromatic N) is 3. The molecule has 0 atom stereocenters. The first-order valence-corrected chi connectivity index (χ1v) is 10.8. The molecule has 1 amide bonds. The standard InChI is InChI=1S/C24H26ClN3O3/c1-17-5-3-4-6-22(17)30-16-21-18(2)31-26-23(21)24(29)28-13-11-27(12-14-28)15-19-7-9-20(25)10-8-19/h3-10H,11-16H2,1-2H3. The predicted molar refractivity (Wildman–Crippen MR) is 119 cm³/mol. The SMILES string of the molecule is Cc1ccccc1OCc1c(C(=O)N2CCN(Cc3ccc(Cl)cc3)CC2)noc1C. The molecule has 0 bridgehead atoms. The molecule has 1 aromatic heterocycles. The number of benzene rings is 2. The largest absolute Gasteiger partial charge is 0.488 e. The van der Waals surface area contributed by atoms with Gasteiger partial charge in [0.05, 0.1) is 5.56 Å². The average molecular weight is 440 g/mol. The van der Waals surface area contributed by atoms with E-state index < -0.39 is 0 Å². The lowest BCUT2D eigenvalue weighted by Gasteiger charge is -2.34. The van der Waals surface area contributed by atoms with Crippen molar-refractivity contribution in [2.45, 2.75) is 27.0 Å². The van der Waals surface area contributed by atoms with Crippen LogP contribution in [0.5, 0.6) is 5.75 Å². The molecule has 1 fully saturated rings. The number of carbonyl (C=O) groups is 1. The zero-order valence-electron chi connectivity index (χ0n) is 17.8. The van der Waals surface area contributed by atoms with Crippen LogP contribution in [0.2, 0.25) is 5.02 Å². The molecule has 2 aromatic carbocycles. The van der Waals surface area contributed by atoms with Gasteiger partial charge in [-0.3, -0.25) is 9.69 Å². The summed E-state index contributed by atoms with van der Waals surface area (Å²) in [6.45, 7) is 7.80. The van der Waals surface area contributed by atoms with E-state index in [-0.39, 0.29) is 12.5 Å². The van der Waals surface area contributed by atoms with Crippen LogP contribution in [0.15, 0.2) is 53.1 Å². The highest BCUT2D eigenvalue weighted by atomic mass is 35.5. The maximum atomic E-state index is 13.1. The second-order valence-electron chi connectivity index (χ2n) is 7.81. The number of ether oxygens (including phenoxy) is 1. The first kappa shape index (κ1) is 21.4. The summed E-state index contributed by atoms with van der Waals surface area (Å²) in [6, 6.07) is 15.7. The van der Waals surface area contributed by atoms with Gasteiger partial charge in [0.25, 0.3) is 5.91 Å². The Balaban J connectivity index is 1.37. The van der Waals surface area contributed by atoms with Gasteiger partial charge in [-0.1, -0.05) is 47.1 Å². The number of para-hydroxylation sites is 1. The normalized spacial score (nSPS) is 14.6. The van der Waals surface area contributed by atoms with Crippen molar-refractivity contribution >= 4 is 17.5 Å². The monoisotopic (exact) mass is 439 g/mol. The third-order valence-corrected chi connectivity index (χ3v) is 5.88. The Kier molecular flexibility index (Phi) is 6.59. The number of halogens is 1. The molecular weight excluding hydrogens is 414 g/mol. The van der Waals surface area contributed by atoms with Gasteiger partial charge in [0, 0.05) is 37.7 Å². The highest BCUT2D eigenvalue weighted by Gasteiger charge is 2.28. The van der Waals surface area contributed by atoms with Crippen molar-refractivity contribution in [2.24, 2.45) is 0 Å². The van der Waals surface area contributed by atoms with Crippen LogP contribution < -0.4 is 4.74 Å². The van der Waals surface area contributed by atoms with Gasteiger partial charge in [0.2, 0.25) is 0 Å². The van der Waals surface area contributed by atoms with Crippen molar-refractivity contribution in [3.05, 3.63) is 81.7 Å². The van der Waals surface area contributed by atoms with Gasteiger partial charge in [-0.25, -0.2) is 0 Å². The molecule has 0 unspecified atom stereocenters. The molecular formula is C24H26ClN3O3. The number of carbonyl (C=O) groups excluding carboxylic acids is 1. The van der Waals surface area contributed by atoms with E-state index in [4.69, 9.17) is 20.9 Å². The molecule has 2 heterocycles. The van der Waals surface area contributed by atoms with Crippen molar-refractivity contribution in [1.29, 1.82) is 0 Å². The van der Waals surface area contributed by atoms with Gasteiger partial charge in [0.15, 0.2) is 5.69 Å². The Morgan fingerprint density at radius 3 is 2.48 bits per heavy atom. The van der Waals surface area contributed by atoms with Crippen LogP contribution in [0.3, 0.4) is 0 Å². The highest BCUT2D eigenvalue weighted by Crippen LogP contribution is 2.22. The Hall–Kier alpha value is -2.83. The topological polar surface area (TPSA) is 58.8 Å². The van der Waals surface area contributed by atoms with E-state index in [2.05, 4.69) is 10.1 Å². The predicted octanol–water partition coefficient (Wildman–Crippen LogP) is 4.48. The number of hydrogen-bond donors (Lipinski definition) is 0. The summed E-state index contributed by atoms with van der Waals surface area (Å²) < 4.78 is 11.3. The van der Waals surface area contributed by atoms with Crippen molar-refractivity contribution in [3.63, 3.8) is 0 Å². The molecule has 4 rings (SSSR count). The number of aromatic nitrogens is 1. The van der Waals surface area contributed by atoms with Crippen LogP contribution in [0.4, 0.5) is 0 Å². The van der Waals surface area contributed by atoms with E-state index in [1.807, 2.05) is 67.3 Å². The van der Waals surface area contributed by atoms with E-state index in [9.17, 15) is 4.79 Å². The number of aryl methyl sites for hydroxylation is 2. The Bertz CT molecular complexity index is 1040. The molecule has 0 spiro atoms. The van der Waals surface area contributed by atoms with Crippen molar-refractivity contribution < 1.29 is 14.1 Å². The third kappa shape index (κ3) is 5.09. The van der Waals surface area contributed by atoms with Crippen LogP contribution in [-0.2, 0) is 13.2 Å². The number of amides is 1. The van der Waals surface area contributed by atoms with Crippen LogP contribution in [0, 0.1) is 13.8 Å². The smallest absolute Gasteiger partial charge is 0.276 e. The fourth-order valence-corrected chi connectivity index (χ4v) is 3.83. The fraction of sp³-hybridized carbons (Fsp3) is 0.333. The highest BCUT2D eigenvalue weighted by molar-refractivity contribution is 6.30. The molecule has 0 radical (unpaired) electrons. The third-order valence-electron chi connectivity index (χ3n) is 5.63. The fourth-order valence-electron chi connectivity index (χ4n) is 3.70. The Morgan fingerprint density at radius 1 is 1.06 bits per heavy atom. The second kappa shape index (κ2) is 9.54. The Morgan fingerprint density at radius 2 is 1.77 bits per heavy atom. The van der Waals surface area contributed by atoms with E-state index in [1.165, 1.54) is 5.56 Å². The van der Waals surface area contributed by atoms with Crippen LogP contribution >= 0.6 is 11.6 Å². The quantitative estimate of drug-likeness (QED) is 0.566. The van der Waals surface area contributed by atoms with Gasteiger partial charge in [-0.05, 0) is 43.2 Å². The van der Waals surface area contributed by atoms with Crippen LogP contribution in [0.25, 0.3) is 0 Å². The number of rotatable bonds is 6. The summed E-state index contributed by atoms with van der Waals surface area (Å²) in [4.78, 5) is 17.3. The molecule has 7 heteroatoms. The minimum Gasteiger partial charge on any atom is -0.488 e. The molecule has 6 nitrogen and oxygen atoms in total. The Labute approximate surface area is 187 Å². The molecule has 162 valence electrons. The first-order valence-electron chi connectivity index (χ1n) is 10.4. The molecule has 0 saturated carbocycles. The van der Waals surface area contributed by atoms with Crippen molar-refractivity contribution in [2.75, 3.05) is 26.2 Å².